The van der Waals surface area contributed by atoms with Crippen LogP contribution in [0.2, 0.25) is 0 Å². The summed E-state index contributed by atoms with van der Waals surface area (Å²) < 4.78 is 1.58. The van der Waals surface area contributed by atoms with Gasteiger partial charge in [-0.05, 0) is 32.3 Å². The van der Waals surface area contributed by atoms with Crippen molar-refractivity contribution in [3.63, 3.8) is 0 Å². The lowest BCUT2D eigenvalue weighted by molar-refractivity contribution is -0.131. The Morgan fingerprint density at radius 1 is 1.22 bits per heavy atom. The summed E-state index contributed by atoms with van der Waals surface area (Å²) >= 11 is 1.55. The van der Waals surface area contributed by atoms with E-state index in [0.29, 0.717) is 18.4 Å². The maximum atomic E-state index is 12.6. The molecule has 0 spiro atoms. The fraction of sp³-hybridized carbons (Fsp3) is 0.588. The van der Waals surface area contributed by atoms with E-state index in [4.69, 9.17) is 0 Å². The minimum atomic E-state index is -0.0273. The van der Waals surface area contributed by atoms with Crippen LogP contribution in [0.15, 0.2) is 11.1 Å². The molecule has 3 heterocycles. The van der Waals surface area contributed by atoms with Crippen molar-refractivity contribution in [1.82, 2.24) is 14.5 Å². The van der Waals surface area contributed by atoms with E-state index >= 15 is 0 Å². The first-order valence-corrected chi connectivity index (χ1v) is 9.12. The Morgan fingerprint density at radius 2 is 1.91 bits per heavy atom. The largest absolute Gasteiger partial charge is 0.343 e. The molecule has 0 unspecified atom stereocenters. The van der Waals surface area contributed by atoms with Gasteiger partial charge in [-0.25, -0.2) is 4.98 Å². The lowest BCUT2D eigenvalue weighted by atomic mass is 10.2. The molecule has 23 heavy (non-hydrogen) atoms. The average molecular weight is 333 g/mol. The second kappa shape index (κ2) is 6.83. The number of thiophene rings is 1. The Morgan fingerprint density at radius 3 is 2.61 bits per heavy atom. The molecule has 0 aliphatic carbocycles. The van der Waals surface area contributed by atoms with Gasteiger partial charge in [-0.2, -0.15) is 0 Å². The summed E-state index contributed by atoms with van der Waals surface area (Å²) in [5, 5.41) is 0.706. The maximum Gasteiger partial charge on any atom is 0.262 e. The van der Waals surface area contributed by atoms with Gasteiger partial charge < -0.3 is 4.90 Å². The van der Waals surface area contributed by atoms with E-state index in [1.807, 2.05) is 18.7 Å². The van der Waals surface area contributed by atoms with Crippen molar-refractivity contribution in [1.29, 1.82) is 0 Å². The van der Waals surface area contributed by atoms with Gasteiger partial charge >= 0.3 is 0 Å². The number of aromatic nitrogens is 2. The molecule has 5 nitrogen and oxygen atoms in total. The highest BCUT2D eigenvalue weighted by molar-refractivity contribution is 7.18. The second-order valence-corrected chi connectivity index (χ2v) is 7.45. The van der Waals surface area contributed by atoms with Crippen molar-refractivity contribution in [2.45, 2.75) is 52.5 Å². The molecule has 1 amide bonds. The molecule has 3 rings (SSSR count). The first-order valence-electron chi connectivity index (χ1n) is 8.31. The van der Waals surface area contributed by atoms with Crippen molar-refractivity contribution in [3.05, 3.63) is 27.1 Å². The highest BCUT2D eigenvalue weighted by atomic mass is 32.1. The van der Waals surface area contributed by atoms with Gasteiger partial charge in [-0.1, -0.05) is 12.8 Å². The number of fused-ring (bicyclic) bond motifs is 1. The number of likely N-dealkylation sites (tertiary alicyclic amines) is 1. The molecule has 2 aromatic rings. The summed E-state index contributed by atoms with van der Waals surface area (Å²) in [7, 11) is 0. The lowest BCUT2D eigenvalue weighted by Gasteiger charge is -2.20. The quantitative estimate of drug-likeness (QED) is 0.868. The van der Waals surface area contributed by atoms with E-state index in [1.165, 1.54) is 12.8 Å². The molecule has 0 bridgehead atoms. The SMILES string of the molecule is Cc1sc2ncn(CCC(=O)N3CCCCCC3)c(=O)c2c1C. The first-order chi connectivity index (χ1) is 11.1. The maximum absolute atomic E-state index is 12.6. The molecule has 1 saturated heterocycles. The molecule has 1 fully saturated rings. The van der Waals surface area contributed by atoms with Crippen LogP contribution in [0.5, 0.6) is 0 Å². The molecular formula is C17H23N3O2S. The topological polar surface area (TPSA) is 55.2 Å². The van der Waals surface area contributed by atoms with Gasteiger partial charge in [0.2, 0.25) is 5.91 Å². The molecule has 0 atom stereocenters. The van der Waals surface area contributed by atoms with Crippen LogP contribution in [0.3, 0.4) is 0 Å². The summed E-state index contributed by atoms with van der Waals surface area (Å²) in [6.45, 7) is 6.09. The van der Waals surface area contributed by atoms with Gasteiger partial charge in [0.25, 0.3) is 5.56 Å². The number of carbonyl (C=O) groups is 1. The number of nitrogens with zero attached hydrogens (tertiary/aromatic N) is 3. The zero-order valence-electron chi connectivity index (χ0n) is 13.8. The molecule has 0 N–H and O–H groups in total. The summed E-state index contributed by atoms with van der Waals surface area (Å²) in [5.74, 6) is 0.150. The second-order valence-electron chi connectivity index (χ2n) is 6.25. The zero-order chi connectivity index (χ0) is 16.4. The molecule has 0 saturated carbocycles. The molecule has 124 valence electrons. The third kappa shape index (κ3) is 3.32. The van der Waals surface area contributed by atoms with Crippen LogP contribution < -0.4 is 5.56 Å². The number of hydrogen-bond acceptors (Lipinski definition) is 4. The lowest BCUT2D eigenvalue weighted by Crippen LogP contribution is -2.33. The Balaban J connectivity index is 1.74. The number of rotatable bonds is 3. The Bertz CT molecular complexity index is 770. The van der Waals surface area contributed by atoms with Crippen LogP contribution in [-0.2, 0) is 11.3 Å². The highest BCUT2D eigenvalue weighted by Crippen LogP contribution is 2.25. The fourth-order valence-corrected chi connectivity index (χ4v) is 4.11. The minimum absolute atomic E-state index is 0.0273. The molecule has 6 heteroatoms. The molecule has 1 aliphatic heterocycles. The van der Waals surface area contributed by atoms with Crippen LogP contribution in [-0.4, -0.2) is 33.4 Å². The molecule has 0 aromatic carbocycles. The van der Waals surface area contributed by atoms with Gasteiger partial charge in [0.05, 0.1) is 11.7 Å². The number of aryl methyl sites for hydroxylation is 3. The van der Waals surface area contributed by atoms with E-state index in [1.54, 1.807) is 22.2 Å². The number of hydrogen-bond donors (Lipinski definition) is 0. The Labute approximate surface area is 139 Å². The van der Waals surface area contributed by atoms with Crippen molar-refractivity contribution in [3.8, 4) is 0 Å². The van der Waals surface area contributed by atoms with Crippen molar-refractivity contribution in [2.75, 3.05) is 13.1 Å². The summed E-state index contributed by atoms with van der Waals surface area (Å²) in [6.07, 6.45) is 6.55. The van der Waals surface area contributed by atoms with Gasteiger partial charge in [-0.3, -0.25) is 14.2 Å². The van der Waals surface area contributed by atoms with E-state index in [-0.39, 0.29) is 11.5 Å². The molecule has 2 aromatic heterocycles. The first kappa shape index (κ1) is 16.2. The summed E-state index contributed by atoms with van der Waals surface area (Å²) in [5.41, 5.74) is 0.983. The Hall–Kier alpha value is -1.69. The van der Waals surface area contributed by atoms with E-state index in [9.17, 15) is 9.59 Å². The van der Waals surface area contributed by atoms with Crippen LogP contribution in [0, 0.1) is 13.8 Å². The molecular weight excluding hydrogens is 310 g/mol. The van der Waals surface area contributed by atoms with E-state index in [0.717, 1.165) is 41.2 Å². The van der Waals surface area contributed by atoms with Crippen LogP contribution in [0.4, 0.5) is 0 Å². The van der Waals surface area contributed by atoms with Gasteiger partial charge in [0.1, 0.15) is 4.83 Å². The molecule has 1 aliphatic rings. The standard InChI is InChI=1S/C17H23N3O2S/c1-12-13(2)23-16-15(12)17(22)20(11-18-16)10-7-14(21)19-8-5-3-4-6-9-19/h11H,3-10H2,1-2H3. The predicted molar refractivity (Wildman–Crippen MR) is 93.0 cm³/mol. The van der Waals surface area contributed by atoms with E-state index < -0.39 is 0 Å². The molecule has 0 radical (unpaired) electrons. The minimum Gasteiger partial charge on any atom is -0.343 e. The van der Waals surface area contributed by atoms with Crippen molar-refractivity contribution in [2.24, 2.45) is 0 Å². The van der Waals surface area contributed by atoms with Crippen molar-refractivity contribution >= 4 is 27.5 Å². The average Bonchev–Trinajstić information content (AvgIpc) is 2.74. The number of carbonyl (C=O) groups excluding carboxylic acids is 1. The van der Waals surface area contributed by atoms with Crippen molar-refractivity contribution < 1.29 is 4.79 Å². The highest BCUT2D eigenvalue weighted by Gasteiger charge is 2.16. The number of amides is 1. The monoisotopic (exact) mass is 333 g/mol. The third-order valence-electron chi connectivity index (χ3n) is 4.68. The Kier molecular flexibility index (Phi) is 4.80. The van der Waals surface area contributed by atoms with Gasteiger partial charge in [-0.15, -0.1) is 11.3 Å². The summed E-state index contributed by atoms with van der Waals surface area (Å²) in [4.78, 5) is 33.2. The van der Waals surface area contributed by atoms with Gasteiger partial charge in [0, 0.05) is 30.9 Å². The fourth-order valence-electron chi connectivity index (χ4n) is 3.12. The van der Waals surface area contributed by atoms with Crippen LogP contribution >= 0.6 is 11.3 Å². The van der Waals surface area contributed by atoms with Gasteiger partial charge in [0.15, 0.2) is 0 Å². The van der Waals surface area contributed by atoms with Crippen LogP contribution in [0.25, 0.3) is 10.2 Å². The third-order valence-corrected chi connectivity index (χ3v) is 5.80. The van der Waals surface area contributed by atoms with E-state index in [2.05, 4.69) is 4.98 Å². The predicted octanol–water partition coefficient (Wildman–Crippen LogP) is 2.87. The van der Waals surface area contributed by atoms with Crippen LogP contribution in [0.1, 0.15) is 42.5 Å². The normalized spacial score (nSPS) is 15.8. The smallest absolute Gasteiger partial charge is 0.262 e. The summed E-state index contributed by atoms with van der Waals surface area (Å²) in [6, 6.07) is 0. The zero-order valence-corrected chi connectivity index (χ0v) is 14.6.